The Balaban J connectivity index is 1.75. The number of aryl methyl sites for hydroxylation is 1. The average Bonchev–Trinajstić information content (AvgIpc) is 3.03. The lowest BCUT2D eigenvalue weighted by Gasteiger charge is -2.29. The molecule has 1 saturated heterocycles. The van der Waals surface area contributed by atoms with E-state index in [-0.39, 0.29) is 11.8 Å². The van der Waals surface area contributed by atoms with Crippen molar-refractivity contribution < 1.29 is 19.4 Å². The molecule has 132 valence electrons. The molecule has 6 nitrogen and oxygen atoms in total. The van der Waals surface area contributed by atoms with Crippen molar-refractivity contribution >= 4 is 23.2 Å². The van der Waals surface area contributed by atoms with Crippen molar-refractivity contribution in [2.75, 3.05) is 20.2 Å². The molecule has 0 spiro atoms. The number of hydrogen-bond acceptors (Lipinski definition) is 5. The minimum absolute atomic E-state index is 0.0569. The maximum atomic E-state index is 12.8. The lowest BCUT2D eigenvalue weighted by Crippen LogP contribution is -2.40. The van der Waals surface area contributed by atoms with Gasteiger partial charge in [-0.25, -0.2) is 4.98 Å². The van der Waals surface area contributed by atoms with Crippen LogP contribution < -0.4 is 4.74 Å². The first-order valence-corrected chi connectivity index (χ1v) is 8.95. The van der Waals surface area contributed by atoms with E-state index in [0.717, 1.165) is 16.3 Å². The zero-order valence-electron chi connectivity index (χ0n) is 14.2. The highest BCUT2D eigenvalue weighted by Gasteiger charge is 2.29. The number of carboxylic acid groups (broad SMARTS) is 1. The summed E-state index contributed by atoms with van der Waals surface area (Å²) in [5, 5.41) is 9.87. The van der Waals surface area contributed by atoms with Gasteiger partial charge in [0.05, 0.1) is 18.7 Å². The summed E-state index contributed by atoms with van der Waals surface area (Å²) in [5.74, 6) is -0.405. The van der Waals surface area contributed by atoms with E-state index in [2.05, 4.69) is 4.98 Å². The van der Waals surface area contributed by atoms with E-state index in [1.807, 2.05) is 31.2 Å². The average molecular weight is 360 g/mol. The van der Waals surface area contributed by atoms with Gasteiger partial charge in [0.1, 0.15) is 15.6 Å². The first-order valence-electron chi connectivity index (χ1n) is 8.13. The minimum atomic E-state index is -0.775. The van der Waals surface area contributed by atoms with Crippen LogP contribution in [0.5, 0.6) is 5.75 Å². The molecule has 1 amide bonds. The summed E-state index contributed by atoms with van der Waals surface area (Å²) < 4.78 is 5.16. The lowest BCUT2D eigenvalue weighted by molar-refractivity contribution is -0.143. The number of methoxy groups -OCH3 is 1. The lowest BCUT2D eigenvalue weighted by atomic mass is 9.97. The molecule has 3 rings (SSSR count). The molecule has 2 heterocycles. The van der Waals surface area contributed by atoms with Crippen LogP contribution in [0.4, 0.5) is 0 Å². The van der Waals surface area contributed by atoms with E-state index >= 15 is 0 Å². The molecule has 0 unspecified atom stereocenters. The Bertz CT molecular complexity index is 777. The van der Waals surface area contributed by atoms with Gasteiger partial charge in [0.25, 0.3) is 5.91 Å². The number of nitrogens with zero attached hydrogens (tertiary/aromatic N) is 2. The number of carboxylic acids is 1. The number of ether oxygens (including phenoxy) is 1. The molecule has 1 aromatic heterocycles. The van der Waals surface area contributed by atoms with Crippen molar-refractivity contribution in [3.63, 3.8) is 0 Å². The number of carbonyl (C=O) groups excluding carboxylic acids is 1. The molecular weight excluding hydrogens is 340 g/mol. The highest BCUT2D eigenvalue weighted by atomic mass is 32.1. The molecule has 0 bridgehead atoms. The minimum Gasteiger partial charge on any atom is -0.497 e. The number of benzene rings is 1. The second kappa shape index (κ2) is 7.23. The van der Waals surface area contributed by atoms with Crippen LogP contribution in [0.15, 0.2) is 24.3 Å². The van der Waals surface area contributed by atoms with Crippen molar-refractivity contribution in [2.24, 2.45) is 5.92 Å². The zero-order chi connectivity index (χ0) is 18.0. The number of amides is 1. The number of rotatable bonds is 4. The van der Waals surface area contributed by atoms with E-state index in [0.29, 0.717) is 36.5 Å². The van der Waals surface area contributed by atoms with Crippen molar-refractivity contribution in [1.29, 1.82) is 0 Å². The summed E-state index contributed by atoms with van der Waals surface area (Å²) in [5.41, 5.74) is 1.65. The van der Waals surface area contributed by atoms with Gasteiger partial charge >= 0.3 is 5.97 Å². The maximum Gasteiger partial charge on any atom is 0.306 e. The van der Waals surface area contributed by atoms with Gasteiger partial charge in [0.2, 0.25) is 0 Å². The second-order valence-electron chi connectivity index (χ2n) is 6.07. The van der Waals surface area contributed by atoms with Crippen molar-refractivity contribution in [3.05, 3.63) is 34.8 Å². The van der Waals surface area contributed by atoms with E-state index in [4.69, 9.17) is 9.84 Å². The third kappa shape index (κ3) is 3.66. The topological polar surface area (TPSA) is 79.7 Å². The number of hydrogen-bond donors (Lipinski definition) is 1. The van der Waals surface area contributed by atoms with Crippen LogP contribution in [0.3, 0.4) is 0 Å². The van der Waals surface area contributed by atoms with Gasteiger partial charge in [-0.2, -0.15) is 0 Å². The number of aliphatic carboxylic acids is 1. The normalized spacial score (nSPS) is 15.2. The number of carbonyl (C=O) groups is 2. The van der Waals surface area contributed by atoms with E-state index in [9.17, 15) is 9.59 Å². The fourth-order valence-electron chi connectivity index (χ4n) is 2.93. The summed E-state index contributed by atoms with van der Waals surface area (Å²) in [7, 11) is 1.62. The van der Waals surface area contributed by atoms with Crippen LogP contribution >= 0.6 is 11.3 Å². The van der Waals surface area contributed by atoms with Crippen LogP contribution in [0.25, 0.3) is 10.6 Å². The van der Waals surface area contributed by atoms with E-state index in [1.54, 1.807) is 12.0 Å². The van der Waals surface area contributed by atoms with Crippen LogP contribution in [0.2, 0.25) is 0 Å². The first-order chi connectivity index (χ1) is 12.0. The predicted molar refractivity (Wildman–Crippen MR) is 95.1 cm³/mol. The Kier molecular flexibility index (Phi) is 5.03. The molecule has 1 aliphatic rings. The Morgan fingerprint density at radius 1 is 1.24 bits per heavy atom. The van der Waals surface area contributed by atoms with Gasteiger partial charge in [-0.05, 0) is 44.0 Å². The van der Waals surface area contributed by atoms with E-state index in [1.165, 1.54) is 11.3 Å². The number of thiazole rings is 1. The molecule has 1 aliphatic heterocycles. The van der Waals surface area contributed by atoms with Crippen LogP contribution in [0.1, 0.15) is 28.2 Å². The van der Waals surface area contributed by atoms with Crippen LogP contribution in [0, 0.1) is 12.8 Å². The Morgan fingerprint density at radius 2 is 1.88 bits per heavy atom. The van der Waals surface area contributed by atoms with Gasteiger partial charge in [0.15, 0.2) is 0 Å². The smallest absolute Gasteiger partial charge is 0.306 e. The number of aromatic nitrogens is 1. The molecule has 0 saturated carbocycles. The van der Waals surface area contributed by atoms with E-state index < -0.39 is 5.97 Å². The number of likely N-dealkylation sites (tertiary alicyclic amines) is 1. The van der Waals surface area contributed by atoms with Crippen molar-refractivity contribution in [1.82, 2.24) is 9.88 Å². The molecular formula is C18H20N2O4S. The molecule has 0 aliphatic carbocycles. The Hall–Kier alpha value is -2.41. The fourth-order valence-corrected chi connectivity index (χ4v) is 3.96. The maximum absolute atomic E-state index is 12.8. The summed E-state index contributed by atoms with van der Waals surface area (Å²) >= 11 is 1.38. The monoisotopic (exact) mass is 360 g/mol. The quantitative estimate of drug-likeness (QED) is 0.906. The van der Waals surface area contributed by atoms with Crippen LogP contribution in [-0.4, -0.2) is 47.1 Å². The third-order valence-corrected chi connectivity index (χ3v) is 5.65. The number of piperidine rings is 1. The molecule has 1 N–H and O–H groups in total. The largest absolute Gasteiger partial charge is 0.497 e. The Labute approximate surface area is 150 Å². The molecule has 0 radical (unpaired) electrons. The van der Waals surface area contributed by atoms with Crippen molar-refractivity contribution in [2.45, 2.75) is 19.8 Å². The van der Waals surface area contributed by atoms with Gasteiger partial charge in [-0.1, -0.05) is 0 Å². The summed E-state index contributed by atoms with van der Waals surface area (Å²) in [6.07, 6.45) is 1.01. The zero-order valence-corrected chi connectivity index (χ0v) is 15.0. The summed E-state index contributed by atoms with van der Waals surface area (Å²) in [6.45, 7) is 2.79. The third-order valence-electron chi connectivity index (χ3n) is 4.46. The first kappa shape index (κ1) is 17.4. The van der Waals surface area contributed by atoms with Gasteiger partial charge in [-0.3, -0.25) is 9.59 Å². The molecule has 7 heteroatoms. The van der Waals surface area contributed by atoms with Gasteiger partial charge in [0, 0.05) is 18.7 Å². The van der Waals surface area contributed by atoms with Crippen LogP contribution in [-0.2, 0) is 4.79 Å². The highest BCUT2D eigenvalue weighted by molar-refractivity contribution is 7.17. The predicted octanol–water partition coefficient (Wildman–Crippen LogP) is 3.06. The van der Waals surface area contributed by atoms with Crippen molar-refractivity contribution in [3.8, 4) is 16.3 Å². The Morgan fingerprint density at radius 3 is 2.44 bits per heavy atom. The fraction of sp³-hybridized carbons (Fsp3) is 0.389. The highest BCUT2D eigenvalue weighted by Crippen LogP contribution is 2.31. The molecule has 1 aromatic carbocycles. The summed E-state index contributed by atoms with van der Waals surface area (Å²) in [4.78, 5) is 30.7. The molecule has 1 fully saturated rings. The molecule has 25 heavy (non-hydrogen) atoms. The second-order valence-corrected chi connectivity index (χ2v) is 7.07. The van der Waals surface area contributed by atoms with Gasteiger partial charge in [-0.15, -0.1) is 11.3 Å². The molecule has 2 aromatic rings. The molecule has 0 atom stereocenters. The SMILES string of the molecule is COc1ccc(-c2nc(C)c(C(=O)N3CCC(C(=O)O)CC3)s2)cc1. The standard InChI is InChI=1S/C18H20N2O4S/c1-11-15(17(21)20-9-7-13(8-10-20)18(22)23)25-16(19-11)12-3-5-14(24-2)6-4-12/h3-6,13H,7-10H2,1-2H3,(H,22,23). The van der Waals surface area contributed by atoms with Gasteiger partial charge < -0.3 is 14.7 Å². The summed E-state index contributed by atoms with van der Waals surface area (Å²) in [6, 6.07) is 7.57.